The molecule has 0 spiro atoms. The normalized spacial score (nSPS) is 21.6. The second-order valence-corrected chi connectivity index (χ2v) is 5.85. The van der Waals surface area contributed by atoms with Crippen LogP contribution in [0.2, 0.25) is 0 Å². The van der Waals surface area contributed by atoms with E-state index in [1.165, 1.54) is 6.08 Å². The Kier molecular flexibility index (Phi) is 3.99. The zero-order chi connectivity index (χ0) is 16.5. The van der Waals surface area contributed by atoms with Crippen LogP contribution in [0.4, 0.5) is 5.82 Å². The van der Waals surface area contributed by atoms with E-state index in [1.54, 1.807) is 6.20 Å². The summed E-state index contributed by atoms with van der Waals surface area (Å²) in [5, 5.41) is 0. The summed E-state index contributed by atoms with van der Waals surface area (Å²) in [6, 6.07) is 0. The zero-order valence-electron chi connectivity index (χ0n) is 13.2. The number of hydrogen-bond acceptors (Lipinski definition) is 8. The molecule has 3 aliphatic rings. The van der Waals surface area contributed by atoms with Gasteiger partial charge in [-0.1, -0.05) is 0 Å². The average molecular weight is 330 g/mol. The van der Waals surface area contributed by atoms with Gasteiger partial charge in [-0.3, -0.25) is 9.59 Å². The number of Topliss-reactive ketones (excluding diaryl/α,β-unsaturated/α-hetero) is 1. The number of anilines is 1. The van der Waals surface area contributed by atoms with E-state index >= 15 is 0 Å². The number of nitrogens with zero attached hydrogens (tertiary/aromatic N) is 4. The number of ketones is 2. The van der Waals surface area contributed by atoms with E-state index in [-0.39, 0.29) is 23.0 Å². The first-order valence-electron chi connectivity index (χ1n) is 8.07. The lowest BCUT2D eigenvalue weighted by Crippen LogP contribution is -2.40. The number of hydrogen-bond donors (Lipinski definition) is 0. The molecule has 24 heavy (non-hydrogen) atoms. The first-order chi connectivity index (χ1) is 11.7. The number of morpholine rings is 2. The molecule has 0 unspecified atom stereocenters. The summed E-state index contributed by atoms with van der Waals surface area (Å²) < 4.78 is 10.6. The molecule has 0 amide bonds. The first-order valence-corrected chi connectivity index (χ1v) is 8.07. The van der Waals surface area contributed by atoms with E-state index < -0.39 is 0 Å². The van der Waals surface area contributed by atoms with Gasteiger partial charge in [0.1, 0.15) is 17.2 Å². The predicted molar refractivity (Wildman–Crippen MR) is 84.2 cm³/mol. The highest BCUT2D eigenvalue weighted by atomic mass is 16.5. The highest BCUT2D eigenvalue weighted by Gasteiger charge is 2.32. The van der Waals surface area contributed by atoms with Crippen LogP contribution in [0, 0.1) is 0 Å². The molecule has 2 saturated heterocycles. The monoisotopic (exact) mass is 330 g/mol. The van der Waals surface area contributed by atoms with Crippen LogP contribution in [0.25, 0.3) is 0 Å². The lowest BCUT2D eigenvalue weighted by atomic mass is 10.0. The number of fused-ring (bicyclic) bond motifs is 1. The van der Waals surface area contributed by atoms with Crippen molar-refractivity contribution in [2.75, 3.05) is 57.5 Å². The molecule has 1 aromatic heterocycles. The van der Waals surface area contributed by atoms with Crippen molar-refractivity contribution in [1.82, 2.24) is 14.9 Å². The van der Waals surface area contributed by atoms with Crippen LogP contribution >= 0.6 is 0 Å². The van der Waals surface area contributed by atoms with E-state index in [9.17, 15) is 9.59 Å². The zero-order valence-corrected chi connectivity index (χ0v) is 13.2. The molecule has 4 rings (SSSR count). The summed E-state index contributed by atoms with van der Waals surface area (Å²) in [6.07, 6.45) is 2.95. The predicted octanol–water partition coefficient (Wildman–Crippen LogP) is -0.0917. The second kappa shape index (κ2) is 6.29. The van der Waals surface area contributed by atoms with Crippen molar-refractivity contribution >= 4 is 17.4 Å². The van der Waals surface area contributed by atoms with Crippen molar-refractivity contribution in [3.05, 3.63) is 29.4 Å². The largest absolute Gasteiger partial charge is 0.378 e. The van der Waals surface area contributed by atoms with Crippen LogP contribution in [0.1, 0.15) is 21.0 Å². The Balaban J connectivity index is 1.63. The molecule has 2 aliphatic heterocycles. The molecule has 0 saturated carbocycles. The summed E-state index contributed by atoms with van der Waals surface area (Å²) in [7, 11) is 0. The summed E-state index contributed by atoms with van der Waals surface area (Å²) >= 11 is 0. The van der Waals surface area contributed by atoms with Crippen LogP contribution in [0.15, 0.2) is 18.0 Å². The number of aromatic nitrogens is 2. The number of ether oxygens (including phenoxy) is 2. The molecule has 0 bridgehead atoms. The number of rotatable bonds is 2. The topological polar surface area (TPSA) is 84.9 Å². The van der Waals surface area contributed by atoms with E-state index in [0.717, 1.165) is 0 Å². The summed E-state index contributed by atoms with van der Waals surface area (Å²) in [5.74, 6) is 0.0997. The van der Waals surface area contributed by atoms with Crippen molar-refractivity contribution < 1.29 is 19.1 Å². The van der Waals surface area contributed by atoms with E-state index in [0.29, 0.717) is 64.1 Å². The molecule has 0 atom stereocenters. The van der Waals surface area contributed by atoms with Crippen molar-refractivity contribution in [2.24, 2.45) is 0 Å². The quantitative estimate of drug-likeness (QED) is 0.744. The minimum Gasteiger partial charge on any atom is -0.378 e. The Hall–Kier alpha value is -2.32. The minimum atomic E-state index is -0.270. The van der Waals surface area contributed by atoms with Crippen molar-refractivity contribution in [1.29, 1.82) is 0 Å². The average Bonchev–Trinajstić information content (AvgIpc) is 2.66. The van der Waals surface area contributed by atoms with Gasteiger partial charge in [-0.2, -0.15) is 0 Å². The smallest absolute Gasteiger partial charge is 0.229 e. The van der Waals surface area contributed by atoms with Gasteiger partial charge in [-0.25, -0.2) is 9.97 Å². The molecule has 8 heteroatoms. The molecule has 0 aromatic carbocycles. The minimum absolute atomic E-state index is 0.140. The molecule has 2 fully saturated rings. The molecule has 126 valence electrons. The Bertz CT molecular complexity index is 706. The molecular formula is C16H18N4O4. The van der Waals surface area contributed by atoms with Gasteiger partial charge in [0.25, 0.3) is 0 Å². The number of carbonyl (C=O) groups is 2. The molecule has 1 aliphatic carbocycles. The van der Waals surface area contributed by atoms with Crippen LogP contribution in [-0.4, -0.2) is 79.0 Å². The van der Waals surface area contributed by atoms with Gasteiger partial charge in [0, 0.05) is 32.3 Å². The van der Waals surface area contributed by atoms with Gasteiger partial charge in [-0.15, -0.1) is 0 Å². The highest BCUT2D eigenvalue weighted by Crippen LogP contribution is 2.24. The SMILES string of the molecule is O=C1C=C(N2CCOCC2)C(=O)c2ncc(N3CCOCC3)nc21. The second-order valence-electron chi connectivity index (χ2n) is 5.85. The lowest BCUT2D eigenvalue weighted by Gasteiger charge is -2.31. The third-order valence-corrected chi connectivity index (χ3v) is 4.40. The van der Waals surface area contributed by atoms with Crippen molar-refractivity contribution in [3.63, 3.8) is 0 Å². The first kappa shape index (κ1) is 15.2. The lowest BCUT2D eigenvalue weighted by molar-refractivity contribution is 0.0500. The molecular weight excluding hydrogens is 312 g/mol. The van der Waals surface area contributed by atoms with Crippen LogP contribution in [0.5, 0.6) is 0 Å². The summed E-state index contributed by atoms with van der Waals surface area (Å²) in [6.45, 7) is 4.92. The van der Waals surface area contributed by atoms with Gasteiger partial charge >= 0.3 is 0 Å². The van der Waals surface area contributed by atoms with Gasteiger partial charge in [0.2, 0.25) is 11.6 Å². The van der Waals surface area contributed by atoms with Crippen molar-refractivity contribution in [3.8, 4) is 0 Å². The highest BCUT2D eigenvalue weighted by molar-refractivity contribution is 6.22. The third-order valence-electron chi connectivity index (χ3n) is 4.40. The third kappa shape index (κ3) is 2.67. The Morgan fingerprint density at radius 3 is 2.17 bits per heavy atom. The van der Waals surface area contributed by atoms with Gasteiger partial charge in [0.05, 0.1) is 38.3 Å². The Morgan fingerprint density at radius 2 is 1.50 bits per heavy atom. The van der Waals surface area contributed by atoms with E-state index in [2.05, 4.69) is 9.97 Å². The van der Waals surface area contributed by atoms with Crippen molar-refractivity contribution in [2.45, 2.75) is 0 Å². The van der Waals surface area contributed by atoms with E-state index in [1.807, 2.05) is 9.80 Å². The van der Waals surface area contributed by atoms with Gasteiger partial charge < -0.3 is 19.3 Å². The van der Waals surface area contributed by atoms with Crippen LogP contribution in [-0.2, 0) is 9.47 Å². The van der Waals surface area contributed by atoms with Gasteiger partial charge in [-0.05, 0) is 0 Å². The molecule has 0 radical (unpaired) electrons. The molecule has 3 heterocycles. The Labute approximate surface area is 139 Å². The maximum absolute atomic E-state index is 12.7. The maximum atomic E-state index is 12.7. The fourth-order valence-electron chi connectivity index (χ4n) is 3.08. The maximum Gasteiger partial charge on any atom is 0.229 e. The molecule has 8 nitrogen and oxygen atoms in total. The fourth-order valence-corrected chi connectivity index (χ4v) is 3.08. The molecule has 0 N–H and O–H groups in total. The molecule has 1 aromatic rings. The van der Waals surface area contributed by atoms with Gasteiger partial charge in [0.15, 0.2) is 0 Å². The summed E-state index contributed by atoms with van der Waals surface area (Å²) in [5.41, 5.74) is 0.672. The summed E-state index contributed by atoms with van der Waals surface area (Å²) in [4.78, 5) is 37.7. The van der Waals surface area contributed by atoms with Crippen LogP contribution < -0.4 is 4.90 Å². The fraction of sp³-hybridized carbons (Fsp3) is 0.500. The van der Waals surface area contributed by atoms with E-state index in [4.69, 9.17) is 9.47 Å². The van der Waals surface area contributed by atoms with Crippen LogP contribution in [0.3, 0.4) is 0 Å². The standard InChI is InChI=1S/C16H18N4O4/c21-12-9-11(19-1-5-23-6-2-19)16(22)15-14(12)18-13(10-17-15)20-3-7-24-8-4-20/h9-10H,1-8H2. The number of carbonyl (C=O) groups excluding carboxylic acids is 2. The Morgan fingerprint density at radius 1 is 0.875 bits per heavy atom. The number of allylic oxidation sites excluding steroid dienone is 2.